The lowest BCUT2D eigenvalue weighted by Crippen LogP contribution is -2.40. The second-order valence-electron chi connectivity index (χ2n) is 6.11. The molecule has 0 aromatic heterocycles. The van der Waals surface area contributed by atoms with Crippen molar-refractivity contribution >= 4 is 11.8 Å². The van der Waals surface area contributed by atoms with Gasteiger partial charge in [-0.2, -0.15) is 0 Å². The molecule has 0 spiro atoms. The number of piperidine rings is 1. The molecule has 0 radical (unpaired) electrons. The van der Waals surface area contributed by atoms with Gasteiger partial charge in [0.2, 0.25) is 5.91 Å². The zero-order valence-electron chi connectivity index (χ0n) is 13.7. The monoisotopic (exact) mass is 319 g/mol. The van der Waals surface area contributed by atoms with Crippen molar-refractivity contribution in [2.24, 2.45) is 5.92 Å². The number of amides is 2. The summed E-state index contributed by atoms with van der Waals surface area (Å²) in [5.41, 5.74) is 2.95. The number of nitrogens with one attached hydrogen (secondary N) is 2. The van der Waals surface area contributed by atoms with Crippen LogP contribution < -0.4 is 10.8 Å². The van der Waals surface area contributed by atoms with Crippen molar-refractivity contribution in [2.75, 3.05) is 20.1 Å². The Labute approximate surface area is 136 Å². The van der Waals surface area contributed by atoms with Crippen LogP contribution in [0.15, 0.2) is 24.3 Å². The Morgan fingerprint density at radius 3 is 2.39 bits per heavy atom. The lowest BCUT2D eigenvalue weighted by atomic mass is 9.95. The maximum Gasteiger partial charge on any atom is 0.274 e. The molecule has 6 nitrogen and oxygen atoms in total. The zero-order chi connectivity index (χ0) is 16.8. The molecule has 1 saturated heterocycles. The first-order valence-corrected chi connectivity index (χ1v) is 8.08. The van der Waals surface area contributed by atoms with Gasteiger partial charge in [-0.25, -0.2) is 5.48 Å². The van der Waals surface area contributed by atoms with Crippen molar-refractivity contribution < 1.29 is 14.8 Å². The van der Waals surface area contributed by atoms with Gasteiger partial charge in [0.15, 0.2) is 0 Å². The van der Waals surface area contributed by atoms with Crippen LogP contribution >= 0.6 is 0 Å². The fraction of sp³-hybridized carbons (Fsp3) is 0.529. The van der Waals surface area contributed by atoms with Crippen LogP contribution in [0.3, 0.4) is 0 Å². The highest BCUT2D eigenvalue weighted by Gasteiger charge is 2.25. The first-order chi connectivity index (χ1) is 11.0. The molecule has 1 fully saturated rings. The molecule has 6 heteroatoms. The number of hydrogen-bond acceptors (Lipinski definition) is 4. The van der Waals surface area contributed by atoms with Gasteiger partial charge < -0.3 is 10.2 Å². The van der Waals surface area contributed by atoms with Crippen LogP contribution in [-0.4, -0.2) is 42.1 Å². The fourth-order valence-electron chi connectivity index (χ4n) is 2.91. The van der Waals surface area contributed by atoms with Crippen molar-refractivity contribution in [3.8, 4) is 0 Å². The molecule has 23 heavy (non-hydrogen) atoms. The molecule has 1 aliphatic heterocycles. The van der Waals surface area contributed by atoms with E-state index in [1.807, 2.05) is 19.1 Å². The summed E-state index contributed by atoms with van der Waals surface area (Å²) >= 11 is 0. The second-order valence-corrected chi connectivity index (χ2v) is 6.11. The molecular weight excluding hydrogens is 294 g/mol. The summed E-state index contributed by atoms with van der Waals surface area (Å²) in [5.74, 6) is -0.346. The molecular formula is C17H25N3O3. The van der Waals surface area contributed by atoms with Crippen molar-refractivity contribution in [2.45, 2.75) is 32.2 Å². The van der Waals surface area contributed by atoms with Gasteiger partial charge >= 0.3 is 0 Å². The minimum absolute atomic E-state index is 0.0617. The third kappa shape index (κ3) is 4.53. The van der Waals surface area contributed by atoms with Crippen LogP contribution in [0, 0.1) is 5.92 Å². The zero-order valence-corrected chi connectivity index (χ0v) is 13.7. The average molecular weight is 319 g/mol. The van der Waals surface area contributed by atoms with E-state index >= 15 is 0 Å². The molecule has 126 valence electrons. The molecule has 1 heterocycles. The lowest BCUT2D eigenvalue weighted by molar-refractivity contribution is -0.127. The molecule has 1 aromatic carbocycles. The van der Waals surface area contributed by atoms with Gasteiger partial charge in [0.25, 0.3) is 5.91 Å². The first-order valence-electron chi connectivity index (χ1n) is 8.08. The molecule has 0 bridgehead atoms. The molecule has 1 aliphatic rings. The number of hydrogen-bond donors (Lipinski definition) is 3. The Morgan fingerprint density at radius 1 is 1.26 bits per heavy atom. The minimum Gasteiger partial charge on any atom is -0.349 e. The minimum atomic E-state index is -0.542. The number of hydroxylamine groups is 1. The van der Waals surface area contributed by atoms with Crippen LogP contribution in [0.2, 0.25) is 0 Å². The predicted molar refractivity (Wildman–Crippen MR) is 87.1 cm³/mol. The van der Waals surface area contributed by atoms with Crippen molar-refractivity contribution in [3.63, 3.8) is 0 Å². The fourth-order valence-corrected chi connectivity index (χ4v) is 2.91. The van der Waals surface area contributed by atoms with Crippen molar-refractivity contribution in [1.82, 2.24) is 15.7 Å². The molecule has 2 rings (SSSR count). The van der Waals surface area contributed by atoms with Crippen LogP contribution in [0.5, 0.6) is 0 Å². The number of carbonyl (C=O) groups is 2. The topological polar surface area (TPSA) is 81.7 Å². The van der Waals surface area contributed by atoms with E-state index in [0.717, 1.165) is 37.9 Å². The SMILES string of the molecule is CCC(NC(=O)C1CCN(C)CC1)c1ccc(C(=O)NO)cc1. The third-order valence-corrected chi connectivity index (χ3v) is 4.49. The van der Waals surface area contributed by atoms with Crippen LogP contribution in [-0.2, 0) is 4.79 Å². The van der Waals surface area contributed by atoms with Crippen LogP contribution in [0.1, 0.15) is 48.1 Å². The summed E-state index contributed by atoms with van der Waals surface area (Å²) < 4.78 is 0. The molecule has 1 atom stereocenters. The van der Waals surface area contributed by atoms with Crippen molar-refractivity contribution in [1.29, 1.82) is 0 Å². The Hall–Kier alpha value is -1.92. The van der Waals surface area contributed by atoms with Gasteiger partial charge in [0.05, 0.1) is 6.04 Å². The highest BCUT2D eigenvalue weighted by Crippen LogP contribution is 2.21. The largest absolute Gasteiger partial charge is 0.349 e. The van der Waals surface area contributed by atoms with E-state index in [9.17, 15) is 9.59 Å². The maximum atomic E-state index is 12.4. The van der Waals surface area contributed by atoms with Gasteiger partial charge in [-0.15, -0.1) is 0 Å². The van der Waals surface area contributed by atoms with Gasteiger partial charge in [-0.05, 0) is 57.1 Å². The second kappa shape index (κ2) is 8.08. The van der Waals surface area contributed by atoms with Crippen LogP contribution in [0.25, 0.3) is 0 Å². The quantitative estimate of drug-likeness (QED) is 0.570. The molecule has 1 unspecified atom stereocenters. The summed E-state index contributed by atoms with van der Waals surface area (Å²) in [5, 5.41) is 11.8. The first kappa shape index (κ1) is 17.4. The van der Waals surface area contributed by atoms with Crippen LogP contribution in [0.4, 0.5) is 0 Å². The maximum absolute atomic E-state index is 12.4. The number of nitrogens with zero attached hydrogens (tertiary/aromatic N) is 1. The summed E-state index contributed by atoms with van der Waals surface area (Å²) in [6.07, 6.45) is 2.58. The normalized spacial score (nSPS) is 17.5. The Kier molecular flexibility index (Phi) is 6.12. The van der Waals surface area contributed by atoms with Gasteiger partial charge in [-0.1, -0.05) is 19.1 Å². The van der Waals surface area contributed by atoms with E-state index in [-0.39, 0.29) is 17.9 Å². The molecule has 0 aliphatic carbocycles. The van der Waals surface area contributed by atoms with E-state index in [4.69, 9.17) is 5.21 Å². The highest BCUT2D eigenvalue weighted by atomic mass is 16.5. The molecule has 2 amide bonds. The van der Waals surface area contributed by atoms with Gasteiger partial charge in [-0.3, -0.25) is 14.8 Å². The molecule has 3 N–H and O–H groups in total. The van der Waals surface area contributed by atoms with E-state index in [2.05, 4.69) is 17.3 Å². The van der Waals surface area contributed by atoms with E-state index in [1.54, 1.807) is 17.6 Å². The van der Waals surface area contributed by atoms with E-state index in [1.165, 1.54) is 0 Å². The predicted octanol–water partition coefficient (Wildman–Crippen LogP) is 1.71. The average Bonchev–Trinajstić information content (AvgIpc) is 2.59. The number of benzene rings is 1. The Morgan fingerprint density at radius 2 is 1.87 bits per heavy atom. The Balaban J connectivity index is 1.99. The lowest BCUT2D eigenvalue weighted by Gasteiger charge is -2.29. The summed E-state index contributed by atoms with van der Waals surface area (Å²) in [6, 6.07) is 6.85. The summed E-state index contributed by atoms with van der Waals surface area (Å²) in [6.45, 7) is 3.94. The van der Waals surface area contributed by atoms with Gasteiger partial charge in [0.1, 0.15) is 0 Å². The standard InChI is InChI=1S/C17H25N3O3/c1-3-15(12-4-6-13(7-5-12)17(22)19-23)18-16(21)14-8-10-20(2)11-9-14/h4-7,14-15,23H,3,8-11H2,1-2H3,(H,18,21)(H,19,22). The smallest absolute Gasteiger partial charge is 0.274 e. The number of rotatable bonds is 5. The van der Waals surface area contributed by atoms with E-state index < -0.39 is 5.91 Å². The van der Waals surface area contributed by atoms with E-state index in [0.29, 0.717) is 5.56 Å². The molecule has 0 saturated carbocycles. The third-order valence-electron chi connectivity index (χ3n) is 4.49. The number of likely N-dealkylation sites (tertiary alicyclic amines) is 1. The number of carbonyl (C=O) groups excluding carboxylic acids is 2. The van der Waals surface area contributed by atoms with Gasteiger partial charge in [0, 0.05) is 11.5 Å². The molecule has 1 aromatic rings. The van der Waals surface area contributed by atoms with Crippen molar-refractivity contribution in [3.05, 3.63) is 35.4 Å². The summed E-state index contributed by atoms with van der Waals surface area (Å²) in [4.78, 5) is 26.0. The Bertz CT molecular complexity index is 537. The summed E-state index contributed by atoms with van der Waals surface area (Å²) in [7, 11) is 2.08. The highest BCUT2D eigenvalue weighted by molar-refractivity contribution is 5.93.